The number of carbonyl (C=O) groups excluding carboxylic acids is 2. The van der Waals surface area contributed by atoms with Crippen LogP contribution < -0.4 is 10.2 Å². The Kier molecular flexibility index (Phi) is 7.52. The van der Waals surface area contributed by atoms with Crippen molar-refractivity contribution in [1.82, 2.24) is 0 Å². The average Bonchev–Trinajstić information content (AvgIpc) is 2.72. The molecule has 30 heavy (non-hydrogen) atoms. The second-order valence-electron chi connectivity index (χ2n) is 7.29. The summed E-state index contributed by atoms with van der Waals surface area (Å²) in [6.07, 6.45) is -0.172. The van der Waals surface area contributed by atoms with E-state index < -0.39 is 22.9 Å². The lowest BCUT2D eigenvalue weighted by Crippen LogP contribution is -2.31. The number of benzene rings is 2. The van der Waals surface area contributed by atoms with E-state index in [1.54, 1.807) is 25.1 Å². The van der Waals surface area contributed by atoms with Crippen molar-refractivity contribution in [2.45, 2.75) is 39.2 Å². The average molecular weight is 413 g/mol. The minimum atomic E-state index is -1.09. The van der Waals surface area contributed by atoms with Gasteiger partial charge < -0.3 is 15.0 Å². The molecular weight excluding hydrogens is 386 g/mol. The van der Waals surface area contributed by atoms with E-state index in [1.165, 1.54) is 19.1 Å². The number of para-hydroxylation sites is 1. The number of nitrogens with zero attached hydrogens (tertiary/aromatic N) is 2. The summed E-state index contributed by atoms with van der Waals surface area (Å²) in [6, 6.07) is 11.4. The van der Waals surface area contributed by atoms with Crippen LogP contribution in [0.5, 0.6) is 0 Å². The first kappa shape index (κ1) is 22.9. The second kappa shape index (κ2) is 9.87. The molecule has 8 heteroatoms. The van der Waals surface area contributed by atoms with E-state index in [-0.39, 0.29) is 17.2 Å². The lowest BCUT2D eigenvalue weighted by atomic mass is 9.97. The standard InChI is InChI=1S/C22H27N3O5/c1-6-14(2)17-9-7-8-10-19(17)23-21(26)15(3)30-22(27)18-13-16(25(28)29)11-12-20(18)24(4)5/h7-15H,6H2,1-5H3,(H,23,26)/t14-,15+/m1/s1. The Morgan fingerprint density at radius 1 is 1.17 bits per heavy atom. The molecule has 2 aromatic carbocycles. The highest BCUT2D eigenvalue weighted by Crippen LogP contribution is 2.27. The summed E-state index contributed by atoms with van der Waals surface area (Å²) in [5.74, 6) is -1.02. The van der Waals surface area contributed by atoms with E-state index in [0.29, 0.717) is 11.4 Å². The van der Waals surface area contributed by atoms with Gasteiger partial charge in [0.1, 0.15) is 0 Å². The SMILES string of the molecule is CC[C@@H](C)c1ccccc1NC(=O)[C@H](C)OC(=O)c1cc([N+](=O)[O-])ccc1N(C)C. The molecule has 0 fully saturated rings. The molecule has 0 heterocycles. The van der Waals surface area contributed by atoms with Gasteiger partial charge in [0.2, 0.25) is 0 Å². The molecular formula is C22H27N3O5. The molecule has 0 aliphatic rings. The Bertz CT molecular complexity index is 942. The Morgan fingerprint density at radius 2 is 1.83 bits per heavy atom. The topological polar surface area (TPSA) is 102 Å². The van der Waals surface area contributed by atoms with Crippen LogP contribution in [-0.2, 0) is 9.53 Å². The van der Waals surface area contributed by atoms with Crippen LogP contribution in [0.15, 0.2) is 42.5 Å². The van der Waals surface area contributed by atoms with E-state index in [2.05, 4.69) is 19.2 Å². The zero-order valence-corrected chi connectivity index (χ0v) is 17.8. The van der Waals surface area contributed by atoms with Crippen LogP contribution in [0, 0.1) is 10.1 Å². The van der Waals surface area contributed by atoms with Gasteiger partial charge in [-0.3, -0.25) is 14.9 Å². The Balaban J connectivity index is 2.19. The number of anilines is 2. The minimum absolute atomic E-state index is 0.0221. The van der Waals surface area contributed by atoms with Crippen molar-refractivity contribution in [1.29, 1.82) is 0 Å². The quantitative estimate of drug-likeness (QED) is 0.392. The molecule has 0 saturated carbocycles. The number of nitro benzene ring substituents is 1. The maximum Gasteiger partial charge on any atom is 0.341 e. The van der Waals surface area contributed by atoms with Crippen molar-refractivity contribution in [3.63, 3.8) is 0 Å². The molecule has 1 N–H and O–H groups in total. The summed E-state index contributed by atoms with van der Waals surface area (Å²) >= 11 is 0. The minimum Gasteiger partial charge on any atom is -0.449 e. The van der Waals surface area contributed by atoms with Crippen LogP contribution in [0.1, 0.15) is 49.0 Å². The molecule has 0 aliphatic heterocycles. The van der Waals surface area contributed by atoms with Crippen molar-refractivity contribution in [3.8, 4) is 0 Å². The van der Waals surface area contributed by atoms with E-state index in [1.807, 2.05) is 18.2 Å². The van der Waals surface area contributed by atoms with Crippen LogP contribution in [0.25, 0.3) is 0 Å². The molecule has 0 saturated heterocycles. The fourth-order valence-corrected chi connectivity index (χ4v) is 2.96. The van der Waals surface area contributed by atoms with Gasteiger partial charge in [0, 0.05) is 31.9 Å². The summed E-state index contributed by atoms with van der Waals surface area (Å²) in [7, 11) is 3.42. The first-order chi connectivity index (χ1) is 14.1. The van der Waals surface area contributed by atoms with Gasteiger partial charge in [0.05, 0.1) is 16.2 Å². The Hall–Kier alpha value is -3.42. The predicted molar refractivity (Wildman–Crippen MR) is 116 cm³/mol. The summed E-state index contributed by atoms with van der Waals surface area (Å²) in [4.78, 5) is 37.5. The number of carbonyl (C=O) groups is 2. The Morgan fingerprint density at radius 3 is 2.43 bits per heavy atom. The lowest BCUT2D eigenvalue weighted by Gasteiger charge is -2.20. The first-order valence-corrected chi connectivity index (χ1v) is 9.72. The number of hydrogen-bond acceptors (Lipinski definition) is 6. The third-order valence-corrected chi connectivity index (χ3v) is 4.91. The number of rotatable bonds is 8. The zero-order chi connectivity index (χ0) is 22.4. The highest BCUT2D eigenvalue weighted by Gasteiger charge is 2.24. The normalized spacial score (nSPS) is 12.6. The van der Waals surface area contributed by atoms with E-state index in [4.69, 9.17) is 4.74 Å². The second-order valence-corrected chi connectivity index (χ2v) is 7.29. The van der Waals surface area contributed by atoms with Gasteiger partial charge in [0.25, 0.3) is 11.6 Å². The fraction of sp³-hybridized carbons (Fsp3) is 0.364. The number of non-ortho nitro benzene ring substituents is 1. The number of hydrogen-bond donors (Lipinski definition) is 1. The smallest absolute Gasteiger partial charge is 0.341 e. The molecule has 2 atom stereocenters. The third-order valence-electron chi connectivity index (χ3n) is 4.91. The third kappa shape index (κ3) is 5.34. The van der Waals surface area contributed by atoms with Gasteiger partial charge in [-0.2, -0.15) is 0 Å². The van der Waals surface area contributed by atoms with E-state index in [0.717, 1.165) is 18.1 Å². The maximum absolute atomic E-state index is 12.7. The van der Waals surface area contributed by atoms with Crippen LogP contribution in [0.4, 0.5) is 17.1 Å². The molecule has 2 aromatic rings. The molecule has 0 aliphatic carbocycles. The highest BCUT2D eigenvalue weighted by atomic mass is 16.6. The molecule has 0 aromatic heterocycles. The molecule has 0 radical (unpaired) electrons. The number of ether oxygens (including phenoxy) is 1. The predicted octanol–water partition coefficient (Wildman–Crippen LogP) is 4.36. The largest absolute Gasteiger partial charge is 0.449 e. The summed E-state index contributed by atoms with van der Waals surface area (Å²) in [6.45, 7) is 5.60. The van der Waals surface area contributed by atoms with Crippen molar-refractivity contribution >= 4 is 28.9 Å². The number of amides is 1. The van der Waals surface area contributed by atoms with Gasteiger partial charge in [-0.05, 0) is 37.0 Å². The van der Waals surface area contributed by atoms with Crippen LogP contribution >= 0.6 is 0 Å². The summed E-state index contributed by atoms with van der Waals surface area (Å²) in [5.41, 5.74) is 1.92. The molecule has 8 nitrogen and oxygen atoms in total. The molecule has 160 valence electrons. The maximum atomic E-state index is 12.7. The van der Waals surface area contributed by atoms with Crippen LogP contribution in [0.3, 0.4) is 0 Å². The molecule has 1 amide bonds. The van der Waals surface area contributed by atoms with Gasteiger partial charge >= 0.3 is 5.97 Å². The Labute approximate surface area is 176 Å². The van der Waals surface area contributed by atoms with Crippen LogP contribution in [-0.4, -0.2) is 37.0 Å². The summed E-state index contributed by atoms with van der Waals surface area (Å²) in [5, 5.41) is 13.9. The van der Waals surface area contributed by atoms with Gasteiger partial charge in [-0.1, -0.05) is 32.0 Å². The zero-order valence-electron chi connectivity index (χ0n) is 17.8. The van der Waals surface area contributed by atoms with Crippen LogP contribution in [0.2, 0.25) is 0 Å². The molecule has 0 bridgehead atoms. The van der Waals surface area contributed by atoms with Crippen molar-refractivity contribution in [3.05, 3.63) is 63.7 Å². The van der Waals surface area contributed by atoms with E-state index in [9.17, 15) is 19.7 Å². The van der Waals surface area contributed by atoms with Gasteiger partial charge in [-0.25, -0.2) is 4.79 Å². The first-order valence-electron chi connectivity index (χ1n) is 9.72. The lowest BCUT2D eigenvalue weighted by molar-refractivity contribution is -0.384. The molecule has 0 unspecified atom stereocenters. The van der Waals surface area contributed by atoms with Gasteiger partial charge in [-0.15, -0.1) is 0 Å². The van der Waals surface area contributed by atoms with Crippen molar-refractivity contribution in [2.75, 3.05) is 24.3 Å². The number of esters is 1. The van der Waals surface area contributed by atoms with Crippen molar-refractivity contribution < 1.29 is 19.2 Å². The highest BCUT2D eigenvalue weighted by molar-refractivity contribution is 6.00. The summed E-state index contributed by atoms with van der Waals surface area (Å²) < 4.78 is 5.32. The number of nitrogens with one attached hydrogen (secondary N) is 1. The number of nitro groups is 1. The van der Waals surface area contributed by atoms with Gasteiger partial charge in [0.15, 0.2) is 6.10 Å². The van der Waals surface area contributed by atoms with E-state index >= 15 is 0 Å². The fourth-order valence-electron chi connectivity index (χ4n) is 2.96. The molecule has 0 spiro atoms. The monoisotopic (exact) mass is 413 g/mol. The van der Waals surface area contributed by atoms with Crippen molar-refractivity contribution in [2.24, 2.45) is 0 Å². The molecule has 2 rings (SSSR count).